The van der Waals surface area contributed by atoms with E-state index in [1.807, 2.05) is 12.2 Å². The van der Waals surface area contributed by atoms with Gasteiger partial charge in [-0.1, -0.05) is 19.9 Å². The number of ether oxygens (including phenoxy) is 1. The molecule has 0 bridgehead atoms. The molecule has 0 aliphatic carbocycles. The van der Waals surface area contributed by atoms with E-state index in [-0.39, 0.29) is 0 Å². The molecule has 2 heteroatoms. The van der Waals surface area contributed by atoms with Crippen LogP contribution in [0.4, 0.5) is 0 Å². The van der Waals surface area contributed by atoms with Gasteiger partial charge in [-0.2, -0.15) is 0 Å². The van der Waals surface area contributed by atoms with Crippen molar-refractivity contribution >= 4 is 5.90 Å². The Hall–Kier alpha value is -0.790. The van der Waals surface area contributed by atoms with Crippen LogP contribution in [-0.4, -0.2) is 19.0 Å². The molecule has 0 aromatic heterocycles. The Bertz CT molecular complexity index is 159. The summed E-state index contributed by atoms with van der Waals surface area (Å²) >= 11 is 0. The van der Waals surface area contributed by atoms with Crippen LogP contribution in [0.25, 0.3) is 0 Å². The molecule has 1 rings (SSSR count). The molecule has 10 heavy (non-hydrogen) atoms. The van der Waals surface area contributed by atoms with Gasteiger partial charge in [-0.25, -0.2) is 4.99 Å². The van der Waals surface area contributed by atoms with Crippen LogP contribution in [0, 0.1) is 5.92 Å². The van der Waals surface area contributed by atoms with Crippen molar-refractivity contribution in [3.63, 3.8) is 0 Å². The maximum Gasteiger partial charge on any atom is 0.208 e. The first-order valence-corrected chi connectivity index (χ1v) is 3.63. The zero-order valence-corrected chi connectivity index (χ0v) is 6.50. The van der Waals surface area contributed by atoms with E-state index in [9.17, 15) is 0 Å². The van der Waals surface area contributed by atoms with Crippen LogP contribution in [0.3, 0.4) is 0 Å². The van der Waals surface area contributed by atoms with Gasteiger partial charge < -0.3 is 4.74 Å². The van der Waals surface area contributed by atoms with Crippen LogP contribution in [0.5, 0.6) is 0 Å². The Morgan fingerprint density at radius 2 is 2.50 bits per heavy atom. The maximum atomic E-state index is 5.33. The summed E-state index contributed by atoms with van der Waals surface area (Å²) in [5.41, 5.74) is 0. The molecule has 1 aliphatic rings. The third-order valence-corrected chi connectivity index (χ3v) is 1.18. The molecule has 0 saturated carbocycles. The van der Waals surface area contributed by atoms with E-state index in [2.05, 4.69) is 18.8 Å². The fourth-order valence-corrected chi connectivity index (χ4v) is 0.695. The maximum absolute atomic E-state index is 5.33. The third kappa shape index (κ3) is 2.21. The molecule has 1 aliphatic heterocycles. The molecule has 0 amide bonds. The Balaban J connectivity index is 2.19. The van der Waals surface area contributed by atoms with Gasteiger partial charge in [0.15, 0.2) is 0 Å². The third-order valence-electron chi connectivity index (χ3n) is 1.18. The van der Waals surface area contributed by atoms with E-state index in [4.69, 9.17) is 4.74 Å². The molecule has 0 spiro atoms. The summed E-state index contributed by atoms with van der Waals surface area (Å²) in [7, 11) is 0. The number of rotatable bonds is 2. The smallest absolute Gasteiger partial charge is 0.208 e. The lowest BCUT2D eigenvalue weighted by Gasteiger charge is -2.05. The van der Waals surface area contributed by atoms with Gasteiger partial charge in [-0.3, -0.25) is 0 Å². The summed E-state index contributed by atoms with van der Waals surface area (Å²) in [5.74, 6) is 1.37. The van der Waals surface area contributed by atoms with Gasteiger partial charge in [-0.05, 0) is 12.0 Å². The van der Waals surface area contributed by atoms with Gasteiger partial charge in [0.25, 0.3) is 0 Å². The van der Waals surface area contributed by atoms with Gasteiger partial charge >= 0.3 is 0 Å². The number of hydrogen-bond donors (Lipinski definition) is 0. The molecule has 1 heterocycles. The van der Waals surface area contributed by atoms with Crippen molar-refractivity contribution in [2.45, 2.75) is 13.8 Å². The molecular weight excluding hydrogens is 126 g/mol. The lowest BCUT2D eigenvalue weighted by molar-refractivity contribution is 0.261. The van der Waals surface area contributed by atoms with Crippen molar-refractivity contribution in [2.24, 2.45) is 10.9 Å². The van der Waals surface area contributed by atoms with Crippen molar-refractivity contribution in [1.29, 1.82) is 0 Å². The van der Waals surface area contributed by atoms with Crippen molar-refractivity contribution in [3.8, 4) is 0 Å². The minimum atomic E-state index is 0.580. The van der Waals surface area contributed by atoms with E-state index in [1.54, 1.807) is 0 Å². The summed E-state index contributed by atoms with van der Waals surface area (Å²) in [4.78, 5) is 4.09. The van der Waals surface area contributed by atoms with E-state index in [0.29, 0.717) is 5.92 Å². The van der Waals surface area contributed by atoms with E-state index < -0.39 is 0 Å². The van der Waals surface area contributed by atoms with Crippen molar-refractivity contribution in [1.82, 2.24) is 0 Å². The van der Waals surface area contributed by atoms with E-state index >= 15 is 0 Å². The first kappa shape index (κ1) is 7.32. The van der Waals surface area contributed by atoms with Crippen molar-refractivity contribution < 1.29 is 4.74 Å². The van der Waals surface area contributed by atoms with Gasteiger partial charge in [0.2, 0.25) is 5.90 Å². The average molecular weight is 139 g/mol. The summed E-state index contributed by atoms with van der Waals surface area (Å²) < 4.78 is 5.33. The second kappa shape index (κ2) is 3.40. The largest absolute Gasteiger partial charge is 0.478 e. The molecule has 56 valence electrons. The predicted molar refractivity (Wildman–Crippen MR) is 42.2 cm³/mol. The summed E-state index contributed by atoms with van der Waals surface area (Å²) in [5, 5.41) is 0. The topological polar surface area (TPSA) is 21.6 Å². The summed E-state index contributed by atoms with van der Waals surface area (Å²) in [6.45, 7) is 5.80. The molecule has 0 saturated heterocycles. The molecule has 0 atom stereocenters. The second-order valence-corrected chi connectivity index (χ2v) is 2.79. The molecule has 0 aromatic carbocycles. The Morgan fingerprint density at radius 1 is 1.70 bits per heavy atom. The van der Waals surface area contributed by atoms with Crippen LogP contribution in [0.15, 0.2) is 17.1 Å². The quantitative estimate of drug-likeness (QED) is 0.569. The number of hydrogen-bond acceptors (Lipinski definition) is 2. The Labute approximate surface area is 61.6 Å². The van der Waals surface area contributed by atoms with Crippen LogP contribution < -0.4 is 0 Å². The lowest BCUT2D eigenvalue weighted by atomic mass is 10.2. The highest BCUT2D eigenvalue weighted by Crippen LogP contribution is 1.98. The highest BCUT2D eigenvalue weighted by Gasteiger charge is 2.00. The minimum Gasteiger partial charge on any atom is -0.478 e. The first-order valence-electron chi connectivity index (χ1n) is 3.63. The summed E-state index contributed by atoms with van der Waals surface area (Å²) in [6, 6.07) is 0. The fraction of sp³-hybridized carbons (Fsp3) is 0.625. The number of aliphatic imine (C=N–C) groups is 1. The predicted octanol–water partition coefficient (Wildman–Crippen LogP) is 1.63. The van der Waals surface area contributed by atoms with Gasteiger partial charge in [0.05, 0.1) is 13.2 Å². The van der Waals surface area contributed by atoms with Crippen LogP contribution in [-0.2, 0) is 4.74 Å². The molecule has 0 radical (unpaired) electrons. The molecule has 0 aromatic rings. The zero-order chi connectivity index (χ0) is 7.40. The van der Waals surface area contributed by atoms with Crippen LogP contribution in [0.2, 0.25) is 0 Å². The molecule has 0 unspecified atom stereocenters. The minimum absolute atomic E-state index is 0.580. The Morgan fingerprint density at radius 3 is 3.00 bits per heavy atom. The normalized spacial score (nSPS) is 16.1. The van der Waals surface area contributed by atoms with Crippen LogP contribution >= 0.6 is 0 Å². The highest BCUT2D eigenvalue weighted by molar-refractivity contribution is 5.89. The van der Waals surface area contributed by atoms with Crippen molar-refractivity contribution in [2.75, 3.05) is 13.2 Å². The summed E-state index contributed by atoms with van der Waals surface area (Å²) in [6.07, 6.45) is 3.91. The average Bonchev–Trinajstić information content (AvgIpc) is 2.34. The van der Waals surface area contributed by atoms with E-state index in [0.717, 1.165) is 19.0 Å². The standard InChI is InChI=1S/C8H13NO/c1-7(2)6-10-8-4-3-5-9-8/h3-4,7H,5-6H2,1-2H3. The van der Waals surface area contributed by atoms with Gasteiger partial charge in [0, 0.05) is 0 Å². The molecule has 0 N–H and O–H groups in total. The SMILES string of the molecule is CC(C)COC1=NCC=C1. The van der Waals surface area contributed by atoms with Crippen LogP contribution in [0.1, 0.15) is 13.8 Å². The zero-order valence-electron chi connectivity index (χ0n) is 6.50. The monoisotopic (exact) mass is 139 g/mol. The van der Waals surface area contributed by atoms with Crippen molar-refractivity contribution in [3.05, 3.63) is 12.2 Å². The Kier molecular flexibility index (Phi) is 2.49. The molecule has 2 nitrogen and oxygen atoms in total. The lowest BCUT2D eigenvalue weighted by Crippen LogP contribution is -2.06. The van der Waals surface area contributed by atoms with E-state index in [1.165, 1.54) is 0 Å². The first-order chi connectivity index (χ1) is 4.79. The number of nitrogens with zero attached hydrogens (tertiary/aromatic N) is 1. The second-order valence-electron chi connectivity index (χ2n) is 2.79. The van der Waals surface area contributed by atoms with Gasteiger partial charge in [0.1, 0.15) is 0 Å². The van der Waals surface area contributed by atoms with Gasteiger partial charge in [-0.15, -0.1) is 0 Å². The fourth-order valence-electron chi connectivity index (χ4n) is 0.695. The highest BCUT2D eigenvalue weighted by atomic mass is 16.5. The molecular formula is C8H13NO. The molecule has 0 fully saturated rings.